The van der Waals surface area contributed by atoms with Crippen molar-refractivity contribution in [2.75, 3.05) is 6.54 Å². The average molecular weight is 296 g/mol. The SMILES string of the molecule is C=C(C)CC(NCC)c1cc(C)c(Br)c(C)c1. The maximum Gasteiger partial charge on any atom is 0.0357 e. The quantitative estimate of drug-likeness (QED) is 0.778. The van der Waals surface area contributed by atoms with Crippen LogP contribution in [0.5, 0.6) is 0 Å². The fraction of sp³-hybridized carbons (Fsp3) is 0.467. The van der Waals surface area contributed by atoms with E-state index in [0.717, 1.165) is 13.0 Å². The van der Waals surface area contributed by atoms with Gasteiger partial charge in [-0.05, 0) is 50.4 Å². The van der Waals surface area contributed by atoms with E-state index in [9.17, 15) is 0 Å². The Bertz CT molecular complexity index is 386. The molecule has 1 aromatic carbocycles. The molecule has 0 bridgehead atoms. The molecule has 1 nitrogen and oxygen atoms in total. The zero-order valence-electron chi connectivity index (χ0n) is 11.2. The number of hydrogen-bond donors (Lipinski definition) is 1. The summed E-state index contributed by atoms with van der Waals surface area (Å²) in [6.45, 7) is 13.5. The third-order valence-corrected chi connectivity index (χ3v) is 4.12. The first-order valence-electron chi connectivity index (χ1n) is 6.10. The molecular weight excluding hydrogens is 274 g/mol. The number of benzene rings is 1. The van der Waals surface area contributed by atoms with Crippen LogP contribution in [0.1, 0.15) is 43.0 Å². The van der Waals surface area contributed by atoms with Gasteiger partial charge in [-0.2, -0.15) is 0 Å². The Balaban J connectivity index is 3.05. The van der Waals surface area contributed by atoms with Crippen LogP contribution < -0.4 is 5.32 Å². The topological polar surface area (TPSA) is 12.0 Å². The van der Waals surface area contributed by atoms with Gasteiger partial charge in [-0.3, -0.25) is 0 Å². The van der Waals surface area contributed by atoms with Gasteiger partial charge in [0.25, 0.3) is 0 Å². The minimum absolute atomic E-state index is 0.378. The van der Waals surface area contributed by atoms with Crippen molar-refractivity contribution in [2.24, 2.45) is 0 Å². The van der Waals surface area contributed by atoms with Crippen molar-refractivity contribution in [3.63, 3.8) is 0 Å². The molecular formula is C15H22BrN. The second kappa shape index (κ2) is 6.36. The predicted octanol–water partition coefficient (Wildman–Crippen LogP) is 4.68. The number of aryl methyl sites for hydroxylation is 2. The Kier molecular flexibility index (Phi) is 5.41. The van der Waals surface area contributed by atoms with Gasteiger partial charge >= 0.3 is 0 Å². The van der Waals surface area contributed by atoms with Gasteiger partial charge < -0.3 is 5.32 Å². The highest BCUT2D eigenvalue weighted by Gasteiger charge is 2.12. The molecule has 94 valence electrons. The minimum atomic E-state index is 0.378. The Labute approximate surface area is 113 Å². The summed E-state index contributed by atoms with van der Waals surface area (Å²) < 4.78 is 1.21. The Morgan fingerprint density at radius 3 is 2.29 bits per heavy atom. The van der Waals surface area contributed by atoms with Crippen LogP contribution in [0, 0.1) is 13.8 Å². The molecule has 0 aromatic heterocycles. The smallest absolute Gasteiger partial charge is 0.0357 e. The summed E-state index contributed by atoms with van der Waals surface area (Å²) >= 11 is 3.61. The lowest BCUT2D eigenvalue weighted by atomic mass is 9.97. The Morgan fingerprint density at radius 1 is 1.35 bits per heavy atom. The van der Waals surface area contributed by atoms with E-state index in [0.29, 0.717) is 6.04 Å². The van der Waals surface area contributed by atoms with Gasteiger partial charge in [-0.15, -0.1) is 6.58 Å². The molecule has 0 spiro atoms. The molecule has 1 unspecified atom stereocenters. The molecule has 0 radical (unpaired) electrons. The van der Waals surface area contributed by atoms with Crippen LogP contribution >= 0.6 is 15.9 Å². The minimum Gasteiger partial charge on any atom is -0.310 e. The van der Waals surface area contributed by atoms with E-state index in [-0.39, 0.29) is 0 Å². The zero-order valence-corrected chi connectivity index (χ0v) is 12.8. The summed E-state index contributed by atoms with van der Waals surface area (Å²) in [5.41, 5.74) is 5.16. The fourth-order valence-corrected chi connectivity index (χ4v) is 2.31. The summed E-state index contributed by atoms with van der Waals surface area (Å²) in [6, 6.07) is 4.89. The molecule has 1 atom stereocenters. The van der Waals surface area contributed by atoms with Crippen LogP contribution in [-0.4, -0.2) is 6.54 Å². The fourth-order valence-electron chi connectivity index (χ4n) is 2.08. The Hall–Kier alpha value is -0.600. The average Bonchev–Trinajstić information content (AvgIpc) is 2.24. The van der Waals surface area contributed by atoms with E-state index in [2.05, 4.69) is 67.7 Å². The van der Waals surface area contributed by atoms with E-state index in [1.807, 2.05) is 0 Å². The molecule has 0 amide bonds. The summed E-state index contributed by atoms with van der Waals surface area (Å²) in [7, 11) is 0. The molecule has 1 aromatic rings. The number of rotatable bonds is 5. The molecule has 1 rings (SSSR count). The second-order valence-electron chi connectivity index (χ2n) is 4.74. The van der Waals surface area contributed by atoms with Crippen molar-refractivity contribution >= 4 is 15.9 Å². The van der Waals surface area contributed by atoms with Crippen molar-refractivity contribution in [1.82, 2.24) is 5.32 Å². The summed E-state index contributed by atoms with van der Waals surface area (Å²) in [6.07, 6.45) is 0.994. The van der Waals surface area contributed by atoms with E-state index in [1.165, 1.54) is 26.7 Å². The lowest BCUT2D eigenvalue weighted by Gasteiger charge is -2.20. The molecule has 1 N–H and O–H groups in total. The van der Waals surface area contributed by atoms with E-state index < -0.39 is 0 Å². The maximum absolute atomic E-state index is 4.02. The van der Waals surface area contributed by atoms with Gasteiger partial charge in [0.2, 0.25) is 0 Å². The third-order valence-electron chi connectivity index (χ3n) is 2.86. The van der Waals surface area contributed by atoms with E-state index in [4.69, 9.17) is 0 Å². The van der Waals surface area contributed by atoms with E-state index in [1.54, 1.807) is 0 Å². The normalized spacial score (nSPS) is 12.5. The first-order valence-corrected chi connectivity index (χ1v) is 6.89. The molecule has 0 fully saturated rings. The van der Waals surface area contributed by atoms with Gasteiger partial charge in [0, 0.05) is 10.5 Å². The van der Waals surface area contributed by atoms with Gasteiger partial charge in [0.15, 0.2) is 0 Å². The van der Waals surface area contributed by atoms with Gasteiger partial charge in [-0.1, -0.05) is 40.6 Å². The molecule has 0 saturated carbocycles. The summed E-state index contributed by atoms with van der Waals surface area (Å²) in [4.78, 5) is 0. The third kappa shape index (κ3) is 3.97. The molecule has 2 heteroatoms. The van der Waals surface area contributed by atoms with Crippen LogP contribution in [0.25, 0.3) is 0 Å². The highest BCUT2D eigenvalue weighted by molar-refractivity contribution is 9.10. The van der Waals surface area contributed by atoms with Crippen LogP contribution in [0.3, 0.4) is 0 Å². The van der Waals surface area contributed by atoms with Crippen LogP contribution in [0.2, 0.25) is 0 Å². The van der Waals surface area contributed by atoms with Crippen LogP contribution in [0.4, 0.5) is 0 Å². The summed E-state index contributed by atoms with van der Waals surface area (Å²) in [5, 5.41) is 3.53. The Morgan fingerprint density at radius 2 is 1.88 bits per heavy atom. The molecule has 0 heterocycles. The number of hydrogen-bond acceptors (Lipinski definition) is 1. The van der Waals surface area contributed by atoms with Crippen molar-refractivity contribution < 1.29 is 0 Å². The highest BCUT2D eigenvalue weighted by atomic mass is 79.9. The second-order valence-corrected chi connectivity index (χ2v) is 5.53. The van der Waals surface area contributed by atoms with Crippen LogP contribution in [0.15, 0.2) is 28.8 Å². The molecule has 0 aliphatic rings. The highest BCUT2D eigenvalue weighted by Crippen LogP contribution is 2.28. The van der Waals surface area contributed by atoms with Crippen LogP contribution in [-0.2, 0) is 0 Å². The lowest BCUT2D eigenvalue weighted by Crippen LogP contribution is -2.21. The predicted molar refractivity (Wildman–Crippen MR) is 79.5 cm³/mol. The first kappa shape index (κ1) is 14.5. The van der Waals surface area contributed by atoms with Crippen molar-refractivity contribution in [2.45, 2.75) is 40.2 Å². The monoisotopic (exact) mass is 295 g/mol. The lowest BCUT2D eigenvalue weighted by molar-refractivity contribution is 0.547. The largest absolute Gasteiger partial charge is 0.310 e. The van der Waals surface area contributed by atoms with Gasteiger partial charge in [-0.25, -0.2) is 0 Å². The first-order chi connectivity index (χ1) is 7.95. The van der Waals surface area contributed by atoms with Crippen molar-refractivity contribution in [3.05, 3.63) is 45.4 Å². The number of nitrogens with one attached hydrogen (secondary N) is 1. The van der Waals surface area contributed by atoms with E-state index >= 15 is 0 Å². The standard InChI is InChI=1S/C15H22BrN/c1-6-17-14(7-10(2)3)13-8-11(4)15(16)12(5)9-13/h8-9,14,17H,2,6-7H2,1,3-5H3. The molecule has 0 saturated heterocycles. The molecule has 17 heavy (non-hydrogen) atoms. The molecule has 0 aliphatic heterocycles. The van der Waals surface area contributed by atoms with Gasteiger partial charge in [0.05, 0.1) is 0 Å². The maximum atomic E-state index is 4.02. The molecule has 0 aliphatic carbocycles. The van der Waals surface area contributed by atoms with Crippen molar-refractivity contribution in [1.29, 1.82) is 0 Å². The summed E-state index contributed by atoms with van der Waals surface area (Å²) in [5.74, 6) is 0. The van der Waals surface area contributed by atoms with Crippen molar-refractivity contribution in [3.8, 4) is 0 Å². The number of halogens is 1. The van der Waals surface area contributed by atoms with Gasteiger partial charge in [0.1, 0.15) is 0 Å². The zero-order chi connectivity index (χ0) is 13.0.